The van der Waals surface area contributed by atoms with Gasteiger partial charge in [0.2, 0.25) is 11.8 Å². The molecule has 1 aromatic heterocycles. The summed E-state index contributed by atoms with van der Waals surface area (Å²) in [7, 11) is 3.52. The van der Waals surface area contributed by atoms with Gasteiger partial charge in [-0.25, -0.2) is 0 Å². The summed E-state index contributed by atoms with van der Waals surface area (Å²) >= 11 is 0. The van der Waals surface area contributed by atoms with E-state index >= 15 is 0 Å². The minimum Gasteiger partial charge on any atom is -0.497 e. The number of hydrogen-bond donors (Lipinski definition) is 0. The van der Waals surface area contributed by atoms with Gasteiger partial charge in [0, 0.05) is 38.2 Å². The van der Waals surface area contributed by atoms with Gasteiger partial charge in [0.1, 0.15) is 5.75 Å². The quantitative estimate of drug-likeness (QED) is 0.791. The molecule has 1 aliphatic heterocycles. The number of methoxy groups -OCH3 is 1. The zero-order chi connectivity index (χ0) is 18.5. The lowest BCUT2D eigenvalue weighted by Gasteiger charge is -2.32. The first-order chi connectivity index (χ1) is 12.6. The van der Waals surface area contributed by atoms with Crippen molar-refractivity contribution in [2.45, 2.75) is 26.2 Å². The number of nitrogens with zero attached hydrogens (tertiary/aromatic N) is 4. The zero-order valence-electron chi connectivity index (χ0n) is 15.6. The largest absolute Gasteiger partial charge is 0.497 e. The number of benzene rings is 1. The van der Waals surface area contributed by atoms with Crippen molar-refractivity contribution < 1.29 is 13.9 Å². The lowest BCUT2D eigenvalue weighted by molar-refractivity contribution is -0.134. The molecule has 1 saturated heterocycles. The van der Waals surface area contributed by atoms with Gasteiger partial charge in [0.25, 0.3) is 0 Å². The Morgan fingerprint density at radius 1 is 1.27 bits per heavy atom. The third kappa shape index (κ3) is 3.98. The molecule has 0 unspecified atom stereocenters. The van der Waals surface area contributed by atoms with Crippen molar-refractivity contribution >= 4 is 11.9 Å². The monoisotopic (exact) mass is 358 g/mol. The Bertz CT molecular complexity index is 721. The van der Waals surface area contributed by atoms with E-state index in [0.717, 1.165) is 50.2 Å². The van der Waals surface area contributed by atoms with Crippen molar-refractivity contribution in [3.63, 3.8) is 0 Å². The van der Waals surface area contributed by atoms with E-state index in [1.54, 1.807) is 7.11 Å². The fourth-order valence-corrected chi connectivity index (χ4v) is 3.27. The maximum absolute atomic E-state index is 12.4. The van der Waals surface area contributed by atoms with E-state index in [0.29, 0.717) is 11.9 Å². The van der Waals surface area contributed by atoms with Crippen LogP contribution in [0, 0.1) is 5.92 Å². The van der Waals surface area contributed by atoms with Crippen LogP contribution in [0.3, 0.4) is 0 Å². The summed E-state index contributed by atoms with van der Waals surface area (Å²) in [4.78, 5) is 16.3. The number of hydrogen-bond acceptors (Lipinski definition) is 6. The highest BCUT2D eigenvalue weighted by atomic mass is 16.5. The van der Waals surface area contributed by atoms with Crippen molar-refractivity contribution in [1.29, 1.82) is 0 Å². The van der Waals surface area contributed by atoms with Gasteiger partial charge in [-0.2, -0.15) is 0 Å². The van der Waals surface area contributed by atoms with Gasteiger partial charge >= 0.3 is 6.01 Å². The van der Waals surface area contributed by atoms with Crippen LogP contribution in [0.1, 0.15) is 26.2 Å². The molecule has 0 radical (unpaired) electrons. The van der Waals surface area contributed by atoms with E-state index in [9.17, 15) is 4.79 Å². The van der Waals surface area contributed by atoms with Crippen molar-refractivity contribution in [2.24, 2.45) is 5.92 Å². The van der Waals surface area contributed by atoms with E-state index < -0.39 is 0 Å². The minimum atomic E-state index is 0.0896. The van der Waals surface area contributed by atoms with Crippen molar-refractivity contribution in [3.8, 4) is 17.2 Å². The first kappa shape index (κ1) is 18.2. The molecule has 0 atom stereocenters. The maximum Gasteiger partial charge on any atom is 0.318 e. The highest BCUT2D eigenvalue weighted by molar-refractivity contribution is 5.78. The predicted molar refractivity (Wildman–Crippen MR) is 99.2 cm³/mol. The van der Waals surface area contributed by atoms with Gasteiger partial charge in [-0.05, 0) is 43.5 Å². The number of anilines is 1. The molecular weight excluding hydrogens is 332 g/mol. The third-order valence-electron chi connectivity index (χ3n) is 4.80. The molecule has 7 nitrogen and oxygen atoms in total. The second-order valence-corrected chi connectivity index (χ2v) is 6.64. The molecule has 140 valence electrons. The molecule has 7 heteroatoms. The van der Waals surface area contributed by atoms with Crippen LogP contribution in [0.25, 0.3) is 11.5 Å². The topological polar surface area (TPSA) is 71.7 Å². The van der Waals surface area contributed by atoms with Crippen LogP contribution in [-0.2, 0) is 4.79 Å². The van der Waals surface area contributed by atoms with Gasteiger partial charge in [-0.3, -0.25) is 4.79 Å². The lowest BCUT2D eigenvalue weighted by Crippen LogP contribution is -2.41. The highest BCUT2D eigenvalue weighted by Crippen LogP contribution is 2.27. The smallest absolute Gasteiger partial charge is 0.318 e. The summed E-state index contributed by atoms with van der Waals surface area (Å²) in [6, 6.07) is 8.03. The number of amides is 1. The van der Waals surface area contributed by atoms with E-state index in [1.807, 2.05) is 36.2 Å². The number of rotatable bonds is 6. The normalized spacial score (nSPS) is 15.1. The molecule has 0 aliphatic carbocycles. The predicted octanol–water partition coefficient (Wildman–Crippen LogP) is 2.83. The molecule has 2 heterocycles. The molecule has 26 heavy (non-hydrogen) atoms. The lowest BCUT2D eigenvalue weighted by atomic mass is 9.95. The van der Waals surface area contributed by atoms with Crippen LogP contribution >= 0.6 is 0 Å². The molecular formula is C19H26N4O3. The van der Waals surface area contributed by atoms with E-state index in [2.05, 4.69) is 22.0 Å². The highest BCUT2D eigenvalue weighted by Gasteiger charge is 2.29. The molecule has 1 amide bonds. The van der Waals surface area contributed by atoms with E-state index in [-0.39, 0.29) is 11.8 Å². The van der Waals surface area contributed by atoms with Crippen molar-refractivity contribution in [3.05, 3.63) is 24.3 Å². The van der Waals surface area contributed by atoms with Gasteiger partial charge in [0.15, 0.2) is 0 Å². The molecule has 1 fully saturated rings. The Hall–Kier alpha value is -2.57. The molecule has 0 spiro atoms. The van der Waals surface area contributed by atoms with Crippen LogP contribution in [0.5, 0.6) is 5.75 Å². The Kier molecular flexibility index (Phi) is 5.75. The van der Waals surface area contributed by atoms with Crippen LogP contribution in [0.2, 0.25) is 0 Å². The summed E-state index contributed by atoms with van der Waals surface area (Å²) in [5.41, 5.74) is 0.857. The Morgan fingerprint density at radius 3 is 2.58 bits per heavy atom. The molecule has 0 bridgehead atoms. The van der Waals surface area contributed by atoms with E-state index in [4.69, 9.17) is 9.15 Å². The minimum absolute atomic E-state index is 0.0896. The van der Waals surface area contributed by atoms with Crippen LogP contribution < -0.4 is 9.64 Å². The molecule has 1 aliphatic rings. The number of aromatic nitrogens is 2. The van der Waals surface area contributed by atoms with Gasteiger partial charge in [0.05, 0.1) is 7.11 Å². The summed E-state index contributed by atoms with van der Waals surface area (Å²) in [6.07, 6.45) is 2.61. The Morgan fingerprint density at radius 2 is 1.96 bits per heavy atom. The van der Waals surface area contributed by atoms with E-state index in [1.165, 1.54) is 0 Å². The second-order valence-electron chi connectivity index (χ2n) is 6.64. The summed E-state index contributed by atoms with van der Waals surface area (Å²) < 4.78 is 11.0. The third-order valence-corrected chi connectivity index (χ3v) is 4.80. The first-order valence-electron chi connectivity index (χ1n) is 9.10. The number of carbonyl (C=O) groups is 1. The first-order valence-corrected chi connectivity index (χ1v) is 9.10. The number of ether oxygens (including phenoxy) is 1. The standard InChI is InChI=1S/C19H26N4O3/c1-4-11-22(2)18(24)15-9-12-23(13-10-15)19-21-20-17(26-19)14-5-7-16(25-3)8-6-14/h5-8,15H,4,9-13H2,1-3H3. The van der Waals surface area contributed by atoms with Crippen LogP contribution in [0.15, 0.2) is 28.7 Å². The fourth-order valence-electron chi connectivity index (χ4n) is 3.27. The summed E-state index contributed by atoms with van der Waals surface area (Å²) in [5.74, 6) is 1.61. The molecule has 0 N–H and O–H groups in total. The number of piperidine rings is 1. The van der Waals surface area contributed by atoms with Crippen LogP contribution in [0.4, 0.5) is 6.01 Å². The van der Waals surface area contributed by atoms with Crippen molar-refractivity contribution in [1.82, 2.24) is 15.1 Å². The Balaban J connectivity index is 1.60. The second kappa shape index (κ2) is 8.21. The van der Waals surface area contributed by atoms with Crippen LogP contribution in [-0.4, -0.2) is 54.8 Å². The number of carbonyl (C=O) groups excluding carboxylic acids is 1. The SMILES string of the molecule is CCCN(C)C(=O)C1CCN(c2nnc(-c3ccc(OC)cc3)o2)CC1. The average molecular weight is 358 g/mol. The molecule has 1 aromatic carbocycles. The zero-order valence-corrected chi connectivity index (χ0v) is 15.6. The summed E-state index contributed by atoms with van der Waals surface area (Å²) in [6.45, 7) is 4.40. The van der Waals surface area contributed by atoms with Gasteiger partial charge in [-0.15, -0.1) is 5.10 Å². The Labute approximate surface area is 153 Å². The summed E-state index contributed by atoms with van der Waals surface area (Å²) in [5, 5.41) is 8.33. The average Bonchev–Trinajstić information content (AvgIpc) is 3.18. The molecule has 2 aromatic rings. The molecule has 3 rings (SSSR count). The maximum atomic E-state index is 12.4. The van der Waals surface area contributed by atoms with Crippen molar-refractivity contribution in [2.75, 3.05) is 38.7 Å². The fraction of sp³-hybridized carbons (Fsp3) is 0.526. The molecule has 0 saturated carbocycles. The van der Waals surface area contributed by atoms with Gasteiger partial charge in [-0.1, -0.05) is 12.0 Å². The van der Waals surface area contributed by atoms with Gasteiger partial charge < -0.3 is 19.0 Å².